The van der Waals surface area contributed by atoms with Gasteiger partial charge in [-0.25, -0.2) is 0 Å². The number of ether oxygens (including phenoxy) is 1. The lowest BCUT2D eigenvalue weighted by Crippen LogP contribution is -2.49. The largest absolute Gasteiger partial charge is 0.469 e. The summed E-state index contributed by atoms with van der Waals surface area (Å²) in [5.41, 5.74) is 6.36. The van der Waals surface area contributed by atoms with E-state index in [-0.39, 0.29) is 18.2 Å². The van der Waals surface area contributed by atoms with Crippen molar-refractivity contribution in [2.75, 3.05) is 7.11 Å². The lowest BCUT2D eigenvalue weighted by molar-refractivity contribution is -0.141. The van der Waals surface area contributed by atoms with Crippen LogP contribution >= 0.6 is 12.6 Å². The third kappa shape index (κ3) is 7.47. The second-order valence-electron chi connectivity index (χ2n) is 6.74. The van der Waals surface area contributed by atoms with E-state index in [9.17, 15) is 14.4 Å². The van der Waals surface area contributed by atoms with Crippen LogP contribution in [0, 0.1) is 11.8 Å². The van der Waals surface area contributed by atoms with Gasteiger partial charge < -0.3 is 15.8 Å². The third-order valence-electron chi connectivity index (χ3n) is 4.07. The van der Waals surface area contributed by atoms with Crippen molar-refractivity contribution >= 4 is 30.4 Å². The van der Waals surface area contributed by atoms with E-state index in [1.165, 1.54) is 7.11 Å². The zero-order valence-electron chi connectivity index (χ0n) is 15.5. The van der Waals surface area contributed by atoms with Gasteiger partial charge in [0.1, 0.15) is 6.04 Å². The molecule has 1 aromatic rings. The fraction of sp³-hybridized carbons (Fsp3) is 0.526. The van der Waals surface area contributed by atoms with Crippen molar-refractivity contribution in [3.05, 3.63) is 35.9 Å². The van der Waals surface area contributed by atoms with Gasteiger partial charge in [-0.05, 0) is 17.9 Å². The van der Waals surface area contributed by atoms with Crippen LogP contribution in [0.4, 0.5) is 0 Å². The van der Waals surface area contributed by atoms with Crippen LogP contribution in [0.25, 0.3) is 0 Å². The zero-order valence-corrected chi connectivity index (χ0v) is 16.4. The Balaban J connectivity index is 2.86. The van der Waals surface area contributed by atoms with Gasteiger partial charge in [-0.15, -0.1) is 0 Å². The summed E-state index contributed by atoms with van der Waals surface area (Å²) in [5, 5.41) is 2.22. The maximum Gasteiger partial charge on any atom is 0.306 e. The first-order valence-corrected chi connectivity index (χ1v) is 9.14. The molecule has 0 unspecified atom stereocenters. The van der Waals surface area contributed by atoms with Gasteiger partial charge in [0.2, 0.25) is 11.8 Å². The van der Waals surface area contributed by atoms with Crippen LogP contribution in [0.1, 0.15) is 32.3 Å². The monoisotopic (exact) mass is 380 g/mol. The summed E-state index contributed by atoms with van der Waals surface area (Å²) in [5.74, 6) is -1.67. The topological polar surface area (TPSA) is 98.5 Å². The molecule has 0 aliphatic heterocycles. The molecule has 0 bridgehead atoms. The lowest BCUT2D eigenvalue weighted by Gasteiger charge is -2.26. The highest BCUT2D eigenvalue weighted by molar-refractivity contribution is 7.81. The summed E-state index contributed by atoms with van der Waals surface area (Å²) < 4.78 is 4.66. The Morgan fingerprint density at radius 2 is 1.81 bits per heavy atom. The van der Waals surface area contributed by atoms with Crippen LogP contribution in [0.3, 0.4) is 0 Å². The molecule has 26 heavy (non-hydrogen) atoms. The standard InChI is InChI=1S/C19H28N2O4S/c1-12(2)9-14(16(26)11-17(22)25-3)19(24)21-15(18(20)23)10-13-7-5-4-6-8-13/h4-8,12,14-16,26H,9-11H2,1-3H3,(H2,20,23)(H,21,24)/t14-,15+,16+/m1/s1. The summed E-state index contributed by atoms with van der Waals surface area (Å²) in [6, 6.07) is 8.50. The molecule has 0 saturated carbocycles. The minimum absolute atomic E-state index is 0.0182. The van der Waals surface area contributed by atoms with E-state index in [1.807, 2.05) is 44.2 Å². The van der Waals surface area contributed by atoms with Crippen LogP contribution in [-0.4, -0.2) is 36.2 Å². The minimum Gasteiger partial charge on any atom is -0.469 e. The first kappa shape index (κ1) is 22.0. The first-order chi connectivity index (χ1) is 12.2. The molecule has 3 atom stereocenters. The predicted octanol–water partition coefficient (Wildman–Crippen LogP) is 1.72. The summed E-state index contributed by atoms with van der Waals surface area (Å²) in [6.07, 6.45) is 0.864. The normalized spacial score (nSPS) is 14.3. The van der Waals surface area contributed by atoms with E-state index in [0.29, 0.717) is 12.8 Å². The molecule has 0 saturated heterocycles. The van der Waals surface area contributed by atoms with Crippen molar-refractivity contribution in [1.29, 1.82) is 0 Å². The molecule has 1 aromatic carbocycles. The highest BCUT2D eigenvalue weighted by atomic mass is 32.1. The smallest absolute Gasteiger partial charge is 0.306 e. The van der Waals surface area contributed by atoms with E-state index in [4.69, 9.17) is 5.73 Å². The number of nitrogens with one attached hydrogen (secondary N) is 1. The fourth-order valence-electron chi connectivity index (χ4n) is 2.69. The molecule has 144 valence electrons. The minimum atomic E-state index is -0.821. The van der Waals surface area contributed by atoms with Crippen LogP contribution < -0.4 is 11.1 Å². The molecule has 0 spiro atoms. The molecule has 2 amide bonds. The lowest BCUT2D eigenvalue weighted by atomic mass is 9.91. The average molecular weight is 381 g/mol. The number of carbonyl (C=O) groups is 3. The Morgan fingerprint density at radius 3 is 2.31 bits per heavy atom. The maximum absolute atomic E-state index is 12.8. The number of nitrogens with two attached hydrogens (primary N) is 1. The number of primary amides is 1. The highest BCUT2D eigenvalue weighted by Crippen LogP contribution is 2.23. The molecular weight excluding hydrogens is 352 g/mol. The number of hydrogen-bond acceptors (Lipinski definition) is 5. The van der Waals surface area contributed by atoms with Crippen LogP contribution in [0.15, 0.2) is 30.3 Å². The van der Waals surface area contributed by atoms with Gasteiger partial charge in [-0.3, -0.25) is 14.4 Å². The number of amides is 2. The summed E-state index contributed by atoms with van der Waals surface area (Å²) in [4.78, 5) is 36.1. The first-order valence-electron chi connectivity index (χ1n) is 8.63. The molecule has 1 rings (SSSR count). The molecule has 0 aliphatic rings. The second kappa shape index (κ2) is 10.9. The Hall–Kier alpha value is -2.02. The molecule has 0 aromatic heterocycles. The number of hydrogen-bond donors (Lipinski definition) is 3. The van der Waals surface area contributed by atoms with Gasteiger partial charge in [0.25, 0.3) is 0 Å². The zero-order chi connectivity index (χ0) is 19.7. The van der Waals surface area contributed by atoms with Crippen molar-refractivity contribution in [2.45, 2.75) is 44.4 Å². The van der Waals surface area contributed by atoms with E-state index in [2.05, 4.69) is 22.7 Å². The molecule has 0 heterocycles. The average Bonchev–Trinajstić information content (AvgIpc) is 2.59. The molecule has 6 nitrogen and oxygen atoms in total. The molecular formula is C19H28N2O4S. The van der Waals surface area contributed by atoms with Gasteiger partial charge in [0.15, 0.2) is 0 Å². The molecule has 0 fully saturated rings. The van der Waals surface area contributed by atoms with Crippen molar-refractivity contribution in [3.63, 3.8) is 0 Å². The molecule has 3 N–H and O–H groups in total. The Bertz CT molecular complexity index is 607. The van der Waals surface area contributed by atoms with E-state index >= 15 is 0 Å². The third-order valence-corrected chi connectivity index (χ3v) is 4.62. The van der Waals surface area contributed by atoms with Gasteiger partial charge in [0.05, 0.1) is 19.4 Å². The summed E-state index contributed by atoms with van der Waals surface area (Å²) >= 11 is 4.43. The van der Waals surface area contributed by atoms with Crippen LogP contribution in [0.5, 0.6) is 0 Å². The van der Waals surface area contributed by atoms with Crippen LogP contribution in [-0.2, 0) is 25.5 Å². The summed E-state index contributed by atoms with van der Waals surface area (Å²) in [6.45, 7) is 3.96. The van der Waals surface area contributed by atoms with Gasteiger partial charge in [-0.1, -0.05) is 44.2 Å². The predicted molar refractivity (Wildman–Crippen MR) is 104 cm³/mol. The van der Waals surface area contributed by atoms with Crippen molar-refractivity contribution < 1.29 is 19.1 Å². The summed E-state index contributed by atoms with van der Waals surface area (Å²) in [7, 11) is 1.29. The quantitative estimate of drug-likeness (QED) is 0.425. The Labute approximate surface area is 160 Å². The number of benzene rings is 1. The number of carbonyl (C=O) groups excluding carboxylic acids is 3. The maximum atomic E-state index is 12.8. The van der Waals surface area contributed by atoms with E-state index in [0.717, 1.165) is 5.56 Å². The van der Waals surface area contributed by atoms with Crippen molar-refractivity contribution in [2.24, 2.45) is 17.6 Å². The van der Waals surface area contributed by atoms with Crippen molar-refractivity contribution in [1.82, 2.24) is 5.32 Å². The van der Waals surface area contributed by atoms with Gasteiger partial charge in [-0.2, -0.15) is 12.6 Å². The number of methoxy groups -OCH3 is 1. The second-order valence-corrected chi connectivity index (χ2v) is 7.40. The SMILES string of the molecule is COC(=O)C[C@H](S)[C@@H](CC(C)C)C(=O)N[C@@H](Cc1ccccc1)C(N)=O. The van der Waals surface area contributed by atoms with Gasteiger partial charge in [0, 0.05) is 11.7 Å². The van der Waals surface area contributed by atoms with Gasteiger partial charge >= 0.3 is 5.97 Å². The Kier molecular flexibility index (Phi) is 9.19. The molecule has 7 heteroatoms. The molecule has 0 aliphatic carbocycles. The van der Waals surface area contributed by atoms with E-state index < -0.39 is 29.1 Å². The number of rotatable bonds is 10. The fourth-order valence-corrected chi connectivity index (χ4v) is 3.10. The molecule has 0 radical (unpaired) electrons. The van der Waals surface area contributed by atoms with E-state index in [1.54, 1.807) is 0 Å². The number of thiol groups is 1. The number of esters is 1. The Morgan fingerprint density at radius 1 is 1.19 bits per heavy atom. The van der Waals surface area contributed by atoms with Crippen molar-refractivity contribution in [3.8, 4) is 0 Å². The van der Waals surface area contributed by atoms with Crippen LogP contribution in [0.2, 0.25) is 0 Å². The highest BCUT2D eigenvalue weighted by Gasteiger charge is 2.31.